The maximum Gasteiger partial charge on any atom is -1.00 e. The molecule has 0 N–H and O–H groups in total. The maximum absolute atomic E-state index is 2.64. The Hall–Kier alpha value is -3.00. The summed E-state index contributed by atoms with van der Waals surface area (Å²) in [6, 6.07) is 47.4. The monoisotopic (exact) mass is 843 g/mol. The summed E-state index contributed by atoms with van der Waals surface area (Å²) in [5.41, 5.74) is 15.3. The van der Waals surface area contributed by atoms with Crippen LogP contribution in [0.2, 0.25) is 6.04 Å². The Kier molecular flexibility index (Phi) is 15.4. The van der Waals surface area contributed by atoms with Gasteiger partial charge in [0, 0.05) is 0 Å². The largest absolute Gasteiger partial charge is 1.00 e. The smallest absolute Gasteiger partial charge is 1.00 e. The van der Waals surface area contributed by atoms with E-state index in [0.29, 0.717) is 7.25 Å². The predicted octanol–water partition coefficient (Wildman–Crippen LogP) is 8.46. The first-order valence-corrected chi connectivity index (χ1v) is 29.9. The molecular weight excluding hydrogens is 791 g/mol. The molecular formula is C50H55Cl2SiZr. The second-order valence-corrected chi connectivity index (χ2v) is 30.4. The molecule has 2 unspecified atom stereocenters. The van der Waals surface area contributed by atoms with Gasteiger partial charge in [-0.05, 0) is 0 Å². The fourth-order valence-corrected chi connectivity index (χ4v) is 32.2. The summed E-state index contributed by atoms with van der Waals surface area (Å²) in [6.45, 7) is 11.6. The second kappa shape index (κ2) is 19.7. The van der Waals surface area contributed by atoms with Crippen molar-refractivity contribution in [2.45, 2.75) is 86.4 Å². The topological polar surface area (TPSA) is 0 Å². The summed E-state index contributed by atoms with van der Waals surface area (Å²) in [5, 5.41) is 5.36. The van der Waals surface area contributed by atoms with Gasteiger partial charge < -0.3 is 24.8 Å². The molecule has 6 aromatic rings. The van der Waals surface area contributed by atoms with E-state index < -0.39 is 20.9 Å². The number of hydrogen-bond acceptors (Lipinski definition) is 0. The van der Waals surface area contributed by atoms with Crippen LogP contribution < -0.4 is 24.8 Å². The first kappa shape index (κ1) is 42.1. The van der Waals surface area contributed by atoms with Gasteiger partial charge in [0.15, 0.2) is 0 Å². The molecule has 0 fully saturated rings. The van der Waals surface area contributed by atoms with E-state index in [-0.39, 0.29) is 31.5 Å². The molecule has 0 saturated heterocycles. The quantitative estimate of drug-likeness (QED) is 0.0908. The number of halogens is 2. The van der Waals surface area contributed by atoms with Crippen molar-refractivity contribution in [3.8, 4) is 22.3 Å². The second-order valence-electron chi connectivity index (χ2n) is 14.7. The zero-order valence-corrected chi connectivity index (χ0v) is 38.2. The van der Waals surface area contributed by atoms with Gasteiger partial charge in [0.25, 0.3) is 0 Å². The van der Waals surface area contributed by atoms with Crippen LogP contribution >= 0.6 is 0 Å². The van der Waals surface area contributed by atoms with Gasteiger partial charge in [-0.25, -0.2) is 0 Å². The number of unbranched alkanes of at least 4 members (excludes halogenated alkanes) is 3. The number of fused-ring (bicyclic) bond motifs is 4. The Bertz CT molecular complexity index is 2080. The number of allylic oxidation sites excluding steroid dienone is 2. The summed E-state index contributed by atoms with van der Waals surface area (Å²) < 4.78 is 1.35. The van der Waals surface area contributed by atoms with Crippen LogP contribution in [0, 0.1) is 0 Å². The van der Waals surface area contributed by atoms with E-state index in [9.17, 15) is 0 Å². The summed E-state index contributed by atoms with van der Waals surface area (Å²) >= 11 is -2.10. The van der Waals surface area contributed by atoms with Crippen LogP contribution in [0.4, 0.5) is 0 Å². The Morgan fingerprint density at radius 1 is 0.463 bits per heavy atom. The zero-order chi connectivity index (χ0) is 36.0. The van der Waals surface area contributed by atoms with Crippen molar-refractivity contribution in [3.63, 3.8) is 0 Å². The Morgan fingerprint density at radius 3 is 1.26 bits per heavy atom. The van der Waals surface area contributed by atoms with Gasteiger partial charge in [0.1, 0.15) is 0 Å². The van der Waals surface area contributed by atoms with Gasteiger partial charge in [0.05, 0.1) is 0 Å². The van der Waals surface area contributed by atoms with E-state index in [1.165, 1.54) is 86.7 Å². The van der Waals surface area contributed by atoms with Gasteiger partial charge in [-0.1, -0.05) is 39.5 Å². The van der Waals surface area contributed by atoms with E-state index in [4.69, 9.17) is 0 Å². The van der Waals surface area contributed by atoms with Gasteiger partial charge in [-0.3, -0.25) is 0 Å². The van der Waals surface area contributed by atoms with Crippen molar-refractivity contribution < 1.29 is 45.7 Å². The van der Waals surface area contributed by atoms with Crippen LogP contribution in [0.1, 0.15) is 103 Å². The van der Waals surface area contributed by atoms with Crippen LogP contribution in [0.25, 0.3) is 56.0 Å². The van der Waals surface area contributed by atoms with Crippen LogP contribution in [-0.4, -0.2) is 6.65 Å². The minimum absolute atomic E-state index is 0. The molecule has 8 rings (SSSR count). The molecule has 0 heterocycles. The molecule has 0 bridgehead atoms. The standard InChI is InChI=1S/2C21H17.C6H14.C2H7Si.2ClH.Zr/c2*1-2-15-13-17-9-6-12-20(21(17)14-15)19-11-5-8-16-7-3-4-10-18(16)19;1-3-5-6-4-2;1-2-3;;;/h2*3-14H,2H2,1H3;3-6H2,1-2H3;2-3H2,1H3;2*1H;/q;;;;;;+2/p-2. The molecule has 0 amide bonds. The first-order chi connectivity index (χ1) is 25.6. The molecule has 2 aliphatic rings. The SMILES string of the molecule is CCCCCC.CC[SiH2][Zr+2]([CH]1C(CC)=Cc2c(-c3cccc4ccccc34)cccc21)[CH]1C(CC)=Cc2c(-c3cccc4ccccc34)cccc21.[Cl-].[Cl-]. The van der Waals surface area contributed by atoms with Crippen molar-refractivity contribution in [2.75, 3.05) is 0 Å². The molecule has 0 radical (unpaired) electrons. The van der Waals surface area contributed by atoms with E-state index >= 15 is 0 Å². The third-order valence-electron chi connectivity index (χ3n) is 11.5. The van der Waals surface area contributed by atoms with Crippen LogP contribution in [0.3, 0.4) is 0 Å². The molecule has 0 aliphatic heterocycles. The van der Waals surface area contributed by atoms with Gasteiger partial charge >= 0.3 is 285 Å². The van der Waals surface area contributed by atoms with E-state index in [0.717, 1.165) is 12.8 Å². The third-order valence-corrected chi connectivity index (χ3v) is 32.4. The number of hydrogen-bond donors (Lipinski definition) is 0. The molecule has 54 heavy (non-hydrogen) atoms. The predicted molar refractivity (Wildman–Crippen MR) is 230 cm³/mol. The average molecular weight is 846 g/mol. The van der Waals surface area contributed by atoms with E-state index in [2.05, 4.69) is 168 Å². The Balaban J connectivity index is 0.000000650. The Morgan fingerprint density at radius 2 is 0.852 bits per heavy atom. The molecule has 2 aliphatic carbocycles. The third kappa shape index (κ3) is 8.25. The molecule has 0 saturated carbocycles. The maximum atomic E-state index is 2.64. The van der Waals surface area contributed by atoms with Crippen molar-refractivity contribution in [1.82, 2.24) is 0 Å². The molecule has 4 heteroatoms. The summed E-state index contributed by atoms with van der Waals surface area (Å²) in [5.74, 6) is 0. The van der Waals surface area contributed by atoms with E-state index in [1.54, 1.807) is 22.3 Å². The van der Waals surface area contributed by atoms with E-state index in [1.807, 2.05) is 0 Å². The number of rotatable bonds is 11. The minimum Gasteiger partial charge on any atom is -1.00 e. The summed E-state index contributed by atoms with van der Waals surface area (Å²) in [6.07, 6.45) is 13.1. The van der Waals surface area contributed by atoms with Gasteiger partial charge in [0.2, 0.25) is 0 Å². The fraction of sp³-hybridized carbons (Fsp3) is 0.280. The fourth-order valence-electron chi connectivity index (χ4n) is 9.05. The summed E-state index contributed by atoms with van der Waals surface area (Å²) in [7, 11) is 0. The zero-order valence-electron chi connectivity index (χ0n) is 32.8. The normalized spacial score (nSPS) is 15.5. The molecule has 277 valence electrons. The first-order valence-electron chi connectivity index (χ1n) is 20.1. The molecule has 2 atom stereocenters. The summed E-state index contributed by atoms with van der Waals surface area (Å²) in [4.78, 5) is 0. The average Bonchev–Trinajstić information content (AvgIpc) is 3.77. The Labute approximate surface area is 346 Å². The van der Waals surface area contributed by atoms with Gasteiger partial charge in [-0.15, -0.1) is 0 Å². The van der Waals surface area contributed by atoms with Crippen molar-refractivity contribution in [3.05, 3.63) is 155 Å². The van der Waals surface area contributed by atoms with Crippen molar-refractivity contribution in [2.24, 2.45) is 0 Å². The molecule has 0 aromatic heterocycles. The molecule has 0 nitrogen and oxygen atoms in total. The number of benzene rings is 6. The van der Waals surface area contributed by atoms with Crippen LogP contribution in [0.15, 0.2) is 132 Å². The molecule has 6 aromatic carbocycles. The van der Waals surface area contributed by atoms with Crippen molar-refractivity contribution in [1.29, 1.82) is 0 Å². The minimum atomic E-state index is -2.10. The van der Waals surface area contributed by atoms with Crippen LogP contribution in [-0.2, 0) is 20.9 Å². The van der Waals surface area contributed by atoms with Crippen molar-refractivity contribution >= 4 is 40.3 Å². The van der Waals surface area contributed by atoms with Crippen LogP contribution in [0.5, 0.6) is 0 Å². The molecule has 0 spiro atoms. The van der Waals surface area contributed by atoms with Gasteiger partial charge in [-0.2, -0.15) is 0 Å².